The van der Waals surface area contributed by atoms with Gasteiger partial charge in [-0.3, -0.25) is 0 Å². The molecule has 0 unspecified atom stereocenters. The minimum atomic E-state index is -0.177. The Hall–Kier alpha value is -8.06. The van der Waals surface area contributed by atoms with E-state index >= 15 is 0 Å². The third-order valence-electron chi connectivity index (χ3n) is 15.0. The Morgan fingerprint density at radius 2 is 0.508 bits per heavy atom. The molecule has 1 aliphatic rings. The first-order chi connectivity index (χ1) is 32.0. The first-order valence-corrected chi connectivity index (χ1v) is 22.9. The molecule has 0 bridgehead atoms. The number of hydrogen-bond acceptors (Lipinski definition) is 0. The van der Waals surface area contributed by atoms with Gasteiger partial charge in [0.2, 0.25) is 0 Å². The van der Waals surface area contributed by atoms with Crippen LogP contribution in [0.1, 0.15) is 25.0 Å². The Morgan fingerprint density at radius 3 is 0.954 bits per heavy atom. The maximum absolute atomic E-state index is 2.49. The zero-order valence-corrected chi connectivity index (χ0v) is 36.3. The first kappa shape index (κ1) is 36.4. The summed E-state index contributed by atoms with van der Waals surface area (Å²) < 4.78 is 0. The van der Waals surface area contributed by atoms with Gasteiger partial charge >= 0.3 is 0 Å². The van der Waals surface area contributed by atoms with Crippen molar-refractivity contribution in [2.45, 2.75) is 19.3 Å². The van der Waals surface area contributed by atoms with Crippen LogP contribution in [0.15, 0.2) is 218 Å². The van der Waals surface area contributed by atoms with Crippen molar-refractivity contribution >= 4 is 86.2 Å². The van der Waals surface area contributed by atoms with Crippen LogP contribution in [-0.2, 0) is 5.41 Å². The fourth-order valence-electron chi connectivity index (χ4n) is 11.9. The molecule has 0 spiro atoms. The quantitative estimate of drug-likeness (QED) is 0.156. The molecule has 0 fully saturated rings. The van der Waals surface area contributed by atoms with E-state index in [1.54, 1.807) is 0 Å². The number of benzene rings is 13. The van der Waals surface area contributed by atoms with Gasteiger partial charge in [-0.25, -0.2) is 0 Å². The largest absolute Gasteiger partial charge is 0.0616 e. The highest BCUT2D eigenvalue weighted by Gasteiger charge is 2.36. The summed E-state index contributed by atoms with van der Waals surface area (Å²) in [5, 5.41) is 20.9. The highest BCUT2D eigenvalue weighted by molar-refractivity contribution is 6.34. The van der Waals surface area contributed by atoms with Crippen LogP contribution in [0.25, 0.3) is 131 Å². The predicted octanol–water partition coefficient (Wildman–Crippen LogP) is 18.2. The molecule has 0 nitrogen and oxygen atoms in total. The summed E-state index contributed by atoms with van der Waals surface area (Å²) in [5.41, 5.74) is 12.8. The lowest BCUT2D eigenvalue weighted by Gasteiger charge is -2.23. The van der Waals surface area contributed by atoms with Gasteiger partial charge in [0.1, 0.15) is 0 Å². The van der Waals surface area contributed by atoms with Crippen LogP contribution in [0.2, 0.25) is 0 Å². The molecule has 0 heterocycles. The highest BCUT2D eigenvalue weighted by Crippen LogP contribution is 2.52. The van der Waals surface area contributed by atoms with E-state index in [1.165, 1.54) is 142 Å². The van der Waals surface area contributed by atoms with Gasteiger partial charge in [-0.05, 0) is 166 Å². The van der Waals surface area contributed by atoms with Crippen LogP contribution < -0.4 is 0 Å². The molecule has 0 aromatic heterocycles. The lowest BCUT2D eigenvalue weighted by molar-refractivity contribution is 0.661. The Kier molecular flexibility index (Phi) is 7.55. The Bertz CT molecular complexity index is 4180. The van der Waals surface area contributed by atoms with E-state index in [0.29, 0.717) is 0 Å². The zero-order valence-electron chi connectivity index (χ0n) is 36.3. The fourth-order valence-corrected chi connectivity index (χ4v) is 11.9. The second-order valence-electron chi connectivity index (χ2n) is 18.7. The van der Waals surface area contributed by atoms with Crippen molar-refractivity contribution in [3.05, 3.63) is 230 Å². The number of fused-ring (bicyclic) bond motifs is 19. The maximum atomic E-state index is 2.49. The molecule has 0 saturated heterocycles. The number of rotatable bonds is 3. The SMILES string of the molecule is CC1(C)c2cc(-c3ccc(-c4cc5c6ccccc6c6ccccc6c5c5ccccc45)cc3)ccc2-c2ccc(-c3cc4c5ccccc5c5ccccc5c4c4ccccc34)cc21. The second kappa shape index (κ2) is 13.5. The van der Waals surface area contributed by atoms with Gasteiger partial charge in [0.05, 0.1) is 0 Å². The molecule has 302 valence electrons. The van der Waals surface area contributed by atoms with E-state index in [0.717, 1.165) is 0 Å². The highest BCUT2D eigenvalue weighted by atomic mass is 14.4. The lowest BCUT2D eigenvalue weighted by atomic mass is 9.80. The summed E-state index contributed by atoms with van der Waals surface area (Å²) in [6.07, 6.45) is 0. The maximum Gasteiger partial charge on any atom is 0.0159 e. The van der Waals surface area contributed by atoms with Gasteiger partial charge in [-0.15, -0.1) is 0 Å². The second-order valence-corrected chi connectivity index (χ2v) is 18.7. The average molecular weight is 823 g/mol. The van der Waals surface area contributed by atoms with Crippen LogP contribution in [0.4, 0.5) is 0 Å². The van der Waals surface area contributed by atoms with Crippen LogP contribution in [-0.4, -0.2) is 0 Å². The Balaban J connectivity index is 0.869. The zero-order chi connectivity index (χ0) is 43.0. The summed E-state index contributed by atoms with van der Waals surface area (Å²) >= 11 is 0. The van der Waals surface area contributed by atoms with Crippen LogP contribution in [0.5, 0.6) is 0 Å². The molecule has 0 aliphatic heterocycles. The molecule has 0 radical (unpaired) electrons. The predicted molar refractivity (Wildman–Crippen MR) is 280 cm³/mol. The van der Waals surface area contributed by atoms with Gasteiger partial charge < -0.3 is 0 Å². The van der Waals surface area contributed by atoms with Crippen molar-refractivity contribution in [1.82, 2.24) is 0 Å². The molecular weight excluding hydrogens is 781 g/mol. The normalized spacial score (nSPS) is 13.2. The van der Waals surface area contributed by atoms with Crippen LogP contribution in [0, 0.1) is 0 Å². The topological polar surface area (TPSA) is 0 Å². The van der Waals surface area contributed by atoms with Gasteiger partial charge in [0.25, 0.3) is 0 Å². The smallest absolute Gasteiger partial charge is 0.0159 e. The van der Waals surface area contributed by atoms with E-state index in [1.807, 2.05) is 0 Å². The van der Waals surface area contributed by atoms with Gasteiger partial charge in [0, 0.05) is 5.41 Å². The van der Waals surface area contributed by atoms with E-state index in [9.17, 15) is 0 Å². The van der Waals surface area contributed by atoms with E-state index < -0.39 is 0 Å². The molecular formula is C65H42. The van der Waals surface area contributed by atoms with Crippen molar-refractivity contribution in [2.75, 3.05) is 0 Å². The van der Waals surface area contributed by atoms with Crippen molar-refractivity contribution < 1.29 is 0 Å². The monoisotopic (exact) mass is 822 g/mol. The van der Waals surface area contributed by atoms with Crippen molar-refractivity contribution in [1.29, 1.82) is 0 Å². The molecule has 0 saturated carbocycles. The molecule has 0 amide bonds. The van der Waals surface area contributed by atoms with Crippen LogP contribution in [0.3, 0.4) is 0 Å². The van der Waals surface area contributed by atoms with E-state index in [2.05, 4.69) is 232 Å². The Morgan fingerprint density at radius 1 is 0.215 bits per heavy atom. The average Bonchev–Trinajstić information content (AvgIpc) is 3.60. The minimum absolute atomic E-state index is 0.177. The standard InChI is InChI=1S/C65H42/c1-65(2)61-35-41(39-27-29-40(30-28-39)57-37-59-47-19-5-3-15-43(47)45-17-7-11-23-53(45)63(59)55-25-13-9-21-49(55)57)31-33-51(61)52-34-32-42(36-62(52)65)58-38-60-48-20-6-4-16-44(48)46-18-8-12-24-54(46)64(60)56-26-14-10-22-50(56)58/h3-38H,1-2H3. The summed E-state index contributed by atoms with van der Waals surface area (Å²) in [5.74, 6) is 0. The third kappa shape index (κ3) is 5.14. The minimum Gasteiger partial charge on any atom is -0.0616 e. The van der Waals surface area contributed by atoms with Crippen molar-refractivity contribution in [3.63, 3.8) is 0 Å². The molecule has 65 heavy (non-hydrogen) atoms. The Labute approximate surface area is 377 Å². The lowest BCUT2D eigenvalue weighted by Crippen LogP contribution is -2.15. The molecule has 1 aliphatic carbocycles. The van der Waals surface area contributed by atoms with Crippen LogP contribution >= 0.6 is 0 Å². The molecule has 0 N–H and O–H groups in total. The van der Waals surface area contributed by atoms with Crippen molar-refractivity contribution in [3.8, 4) is 44.5 Å². The third-order valence-corrected chi connectivity index (χ3v) is 15.0. The summed E-state index contributed by atoms with van der Waals surface area (Å²) in [6.45, 7) is 4.81. The first-order valence-electron chi connectivity index (χ1n) is 22.9. The molecule has 0 heteroatoms. The van der Waals surface area contributed by atoms with E-state index in [4.69, 9.17) is 0 Å². The van der Waals surface area contributed by atoms with Gasteiger partial charge in [-0.1, -0.05) is 208 Å². The molecule has 13 aromatic carbocycles. The summed E-state index contributed by atoms with van der Waals surface area (Å²) in [7, 11) is 0. The fraction of sp³-hybridized carbons (Fsp3) is 0.0462. The molecule has 0 atom stereocenters. The molecule has 13 aromatic rings. The molecule has 14 rings (SSSR count). The van der Waals surface area contributed by atoms with E-state index in [-0.39, 0.29) is 5.41 Å². The van der Waals surface area contributed by atoms with Crippen molar-refractivity contribution in [2.24, 2.45) is 0 Å². The number of hydrogen-bond donors (Lipinski definition) is 0. The summed E-state index contributed by atoms with van der Waals surface area (Å²) in [6, 6.07) is 82.1. The van der Waals surface area contributed by atoms with Gasteiger partial charge in [0.15, 0.2) is 0 Å². The summed E-state index contributed by atoms with van der Waals surface area (Å²) in [4.78, 5) is 0. The van der Waals surface area contributed by atoms with Gasteiger partial charge in [-0.2, -0.15) is 0 Å².